The van der Waals surface area contributed by atoms with Crippen molar-refractivity contribution in [1.29, 1.82) is 0 Å². The highest BCUT2D eigenvalue weighted by molar-refractivity contribution is 6.30. The van der Waals surface area contributed by atoms with Gasteiger partial charge in [0.05, 0.1) is 17.5 Å². The molecular formula is C22H25ClN2O4. The van der Waals surface area contributed by atoms with Crippen LogP contribution in [0.3, 0.4) is 0 Å². The summed E-state index contributed by atoms with van der Waals surface area (Å²) >= 11 is 5.83. The molecule has 4 atom stereocenters. The van der Waals surface area contributed by atoms with E-state index in [1.807, 2.05) is 0 Å². The lowest BCUT2D eigenvalue weighted by Gasteiger charge is -2.33. The highest BCUT2D eigenvalue weighted by Gasteiger charge is 2.61. The molecule has 4 fully saturated rings. The lowest BCUT2D eigenvalue weighted by molar-refractivity contribution is -0.144. The van der Waals surface area contributed by atoms with Gasteiger partial charge in [-0.3, -0.25) is 19.3 Å². The summed E-state index contributed by atoms with van der Waals surface area (Å²) < 4.78 is 0. The van der Waals surface area contributed by atoms with E-state index >= 15 is 0 Å². The predicted molar refractivity (Wildman–Crippen MR) is 107 cm³/mol. The lowest BCUT2D eigenvalue weighted by Crippen LogP contribution is -2.44. The number of fused-ring (bicyclic) bond motifs is 5. The first-order valence-corrected chi connectivity index (χ1v) is 11.0. The Hall–Kier alpha value is -2.08. The molecule has 0 radical (unpaired) electrons. The van der Waals surface area contributed by atoms with Crippen LogP contribution in [0.1, 0.15) is 44.9 Å². The van der Waals surface area contributed by atoms with Gasteiger partial charge in [-0.25, -0.2) is 0 Å². The molecular weight excluding hydrogens is 392 g/mol. The summed E-state index contributed by atoms with van der Waals surface area (Å²) in [5.41, 5.74) is 0.342. The third-order valence-corrected chi connectivity index (χ3v) is 7.85. The molecule has 29 heavy (non-hydrogen) atoms. The molecule has 1 heterocycles. The fourth-order valence-corrected chi connectivity index (χ4v) is 6.40. The number of hydrogen-bond donors (Lipinski definition) is 2. The van der Waals surface area contributed by atoms with Crippen LogP contribution in [0.15, 0.2) is 18.2 Å². The van der Waals surface area contributed by atoms with E-state index in [1.165, 1.54) is 6.07 Å². The summed E-state index contributed by atoms with van der Waals surface area (Å²) in [7, 11) is 0. The number of carbonyl (C=O) groups excluding carboxylic acids is 3. The van der Waals surface area contributed by atoms with Crippen molar-refractivity contribution in [1.82, 2.24) is 4.90 Å². The molecule has 1 aromatic carbocycles. The number of nitrogens with zero attached hydrogens (tertiary/aromatic N) is 1. The number of imide groups is 1. The standard InChI is InChI=1S/C22H25ClN2O4/c23-14-5-8-16(17(26)10-14)24-20(27)11-3-6-15(7-4-11)25-21(28)18-12-1-2-13(9-12)19(18)22(25)29/h5,8,10-13,15,18-19,26H,1-4,6-7,9H2,(H,24,27)/t11?,12-,13-,15?,18+,19+/m0/s1. The van der Waals surface area contributed by atoms with Gasteiger partial charge in [-0.05, 0) is 68.9 Å². The molecule has 0 aromatic heterocycles. The van der Waals surface area contributed by atoms with Crippen molar-refractivity contribution in [3.63, 3.8) is 0 Å². The molecule has 6 nitrogen and oxygen atoms in total. The van der Waals surface area contributed by atoms with Crippen molar-refractivity contribution >= 4 is 35.0 Å². The fourth-order valence-electron chi connectivity index (χ4n) is 6.23. The second-order valence-corrected chi connectivity index (χ2v) is 9.52. The zero-order valence-corrected chi connectivity index (χ0v) is 16.9. The second kappa shape index (κ2) is 7.01. The molecule has 1 aromatic rings. The third kappa shape index (κ3) is 3.03. The van der Waals surface area contributed by atoms with Gasteiger partial charge in [0.2, 0.25) is 17.7 Å². The van der Waals surface area contributed by atoms with Gasteiger partial charge < -0.3 is 10.4 Å². The zero-order valence-electron chi connectivity index (χ0n) is 16.1. The van der Waals surface area contributed by atoms with Crippen LogP contribution in [0, 0.1) is 29.6 Å². The Kier molecular flexibility index (Phi) is 4.57. The van der Waals surface area contributed by atoms with E-state index in [-0.39, 0.29) is 47.3 Å². The van der Waals surface area contributed by atoms with Gasteiger partial charge in [0.25, 0.3) is 0 Å². The number of nitrogens with one attached hydrogen (secondary N) is 1. The fraction of sp³-hybridized carbons (Fsp3) is 0.591. The molecule has 0 spiro atoms. The molecule has 5 rings (SSSR count). The third-order valence-electron chi connectivity index (χ3n) is 7.61. The Balaban J connectivity index is 1.21. The molecule has 0 unspecified atom stereocenters. The minimum atomic E-state index is -0.190. The first kappa shape index (κ1) is 18.9. The molecule has 2 bridgehead atoms. The van der Waals surface area contributed by atoms with Crippen molar-refractivity contribution in [2.45, 2.75) is 51.0 Å². The minimum Gasteiger partial charge on any atom is -0.506 e. The molecule has 4 aliphatic rings. The summed E-state index contributed by atoms with van der Waals surface area (Å²) in [6, 6.07) is 4.51. The number of anilines is 1. The molecule has 3 saturated carbocycles. The number of benzene rings is 1. The Bertz CT molecular complexity index is 852. The van der Waals surface area contributed by atoms with Crippen LogP contribution in [-0.4, -0.2) is 33.8 Å². The van der Waals surface area contributed by atoms with Crippen molar-refractivity contribution in [2.75, 3.05) is 5.32 Å². The number of carbonyl (C=O) groups is 3. The number of aromatic hydroxyl groups is 1. The van der Waals surface area contributed by atoms with Crippen LogP contribution in [0.25, 0.3) is 0 Å². The number of phenolic OH excluding ortho intramolecular Hbond substituents is 1. The maximum atomic E-state index is 13.0. The lowest BCUT2D eigenvalue weighted by atomic mass is 9.81. The van der Waals surface area contributed by atoms with Crippen molar-refractivity contribution in [2.24, 2.45) is 29.6 Å². The van der Waals surface area contributed by atoms with Gasteiger partial charge in [0.1, 0.15) is 5.75 Å². The molecule has 3 amide bonds. The average molecular weight is 417 g/mol. The van der Waals surface area contributed by atoms with Gasteiger partial charge in [-0.15, -0.1) is 0 Å². The van der Waals surface area contributed by atoms with E-state index in [1.54, 1.807) is 17.0 Å². The first-order chi connectivity index (χ1) is 13.9. The maximum absolute atomic E-state index is 13.0. The van der Waals surface area contributed by atoms with E-state index < -0.39 is 0 Å². The topological polar surface area (TPSA) is 86.7 Å². The highest BCUT2D eigenvalue weighted by Crippen LogP contribution is 2.56. The maximum Gasteiger partial charge on any atom is 0.233 e. The summed E-state index contributed by atoms with van der Waals surface area (Å²) in [5.74, 6) is 0.359. The summed E-state index contributed by atoms with van der Waals surface area (Å²) in [5, 5.41) is 13.1. The SMILES string of the molecule is O=C(Nc1ccc(Cl)cc1O)C1CCC(N2C(=O)[C@@H]3[C@H]4CC[C@@H](C4)[C@H]3C2=O)CC1. The molecule has 7 heteroatoms. The summed E-state index contributed by atoms with van der Waals surface area (Å²) in [6.45, 7) is 0. The van der Waals surface area contributed by atoms with Gasteiger partial charge in [-0.2, -0.15) is 0 Å². The van der Waals surface area contributed by atoms with Crippen LogP contribution in [0.2, 0.25) is 5.02 Å². The van der Waals surface area contributed by atoms with E-state index in [4.69, 9.17) is 11.6 Å². The normalized spacial score (nSPS) is 35.8. The van der Waals surface area contributed by atoms with E-state index in [2.05, 4.69) is 5.32 Å². The number of phenols is 1. The average Bonchev–Trinajstić information content (AvgIpc) is 3.38. The van der Waals surface area contributed by atoms with Crippen molar-refractivity contribution in [3.8, 4) is 5.75 Å². The van der Waals surface area contributed by atoms with Crippen molar-refractivity contribution in [3.05, 3.63) is 23.2 Å². The smallest absolute Gasteiger partial charge is 0.233 e. The number of amides is 3. The molecule has 2 N–H and O–H groups in total. The number of rotatable bonds is 3. The van der Waals surface area contributed by atoms with Gasteiger partial charge in [-0.1, -0.05) is 11.6 Å². The minimum absolute atomic E-state index is 0.0474. The molecule has 1 aliphatic heterocycles. The van der Waals surface area contributed by atoms with Crippen LogP contribution in [0.4, 0.5) is 5.69 Å². The molecule has 1 saturated heterocycles. The van der Waals surface area contributed by atoms with Gasteiger partial charge in [0.15, 0.2) is 0 Å². The van der Waals surface area contributed by atoms with Crippen LogP contribution >= 0.6 is 11.6 Å². The Morgan fingerprint density at radius 3 is 2.21 bits per heavy atom. The Morgan fingerprint density at radius 2 is 1.62 bits per heavy atom. The van der Waals surface area contributed by atoms with Gasteiger partial charge in [0, 0.05) is 23.0 Å². The van der Waals surface area contributed by atoms with E-state index in [9.17, 15) is 19.5 Å². The second-order valence-electron chi connectivity index (χ2n) is 9.09. The van der Waals surface area contributed by atoms with Crippen molar-refractivity contribution < 1.29 is 19.5 Å². The van der Waals surface area contributed by atoms with E-state index in [0.29, 0.717) is 48.2 Å². The quantitative estimate of drug-likeness (QED) is 0.582. The van der Waals surface area contributed by atoms with E-state index in [0.717, 1.165) is 19.3 Å². The number of halogens is 1. The van der Waals surface area contributed by atoms with Crippen LogP contribution < -0.4 is 5.32 Å². The number of likely N-dealkylation sites (tertiary alicyclic amines) is 1. The summed E-state index contributed by atoms with van der Waals surface area (Å²) in [6.07, 6.45) is 5.81. The monoisotopic (exact) mass is 416 g/mol. The zero-order chi connectivity index (χ0) is 20.3. The number of hydrogen-bond acceptors (Lipinski definition) is 4. The predicted octanol–water partition coefficient (Wildman–Crippen LogP) is 3.57. The van der Waals surface area contributed by atoms with Gasteiger partial charge >= 0.3 is 0 Å². The highest BCUT2D eigenvalue weighted by atomic mass is 35.5. The summed E-state index contributed by atoms with van der Waals surface area (Å²) in [4.78, 5) is 40.2. The largest absolute Gasteiger partial charge is 0.506 e. The first-order valence-electron chi connectivity index (χ1n) is 10.6. The Morgan fingerprint density at radius 1 is 1.00 bits per heavy atom. The van der Waals surface area contributed by atoms with Crippen LogP contribution in [0.5, 0.6) is 5.75 Å². The molecule has 3 aliphatic carbocycles. The Labute approximate surface area is 174 Å². The van der Waals surface area contributed by atoms with Crippen LogP contribution in [-0.2, 0) is 14.4 Å². The molecule has 154 valence electrons.